The number of hydrogen-bond acceptors (Lipinski definition) is 6. The summed E-state index contributed by atoms with van der Waals surface area (Å²) in [7, 11) is 2.15. The minimum absolute atomic E-state index is 0.0703. The van der Waals surface area contributed by atoms with Gasteiger partial charge in [0.2, 0.25) is 0 Å². The van der Waals surface area contributed by atoms with Gasteiger partial charge in [-0.15, -0.1) is 0 Å². The van der Waals surface area contributed by atoms with Gasteiger partial charge in [-0.3, -0.25) is 4.79 Å². The van der Waals surface area contributed by atoms with Crippen LogP contribution in [0.25, 0.3) is 22.2 Å². The number of amides is 1. The van der Waals surface area contributed by atoms with Crippen molar-refractivity contribution in [1.82, 2.24) is 25.2 Å². The topological polar surface area (TPSA) is 89.2 Å². The molecule has 5 heterocycles. The number of fused-ring (bicyclic) bond motifs is 2. The van der Waals surface area contributed by atoms with Gasteiger partial charge in [-0.1, -0.05) is 6.07 Å². The van der Waals surface area contributed by atoms with Crippen molar-refractivity contribution in [2.24, 2.45) is 0 Å². The van der Waals surface area contributed by atoms with E-state index in [1.165, 1.54) is 0 Å². The average Bonchev–Trinajstić information content (AvgIpc) is 3.47. The van der Waals surface area contributed by atoms with Crippen LogP contribution in [0.5, 0.6) is 0 Å². The predicted molar refractivity (Wildman–Crippen MR) is 130 cm³/mol. The molecule has 166 valence electrons. The van der Waals surface area contributed by atoms with Crippen molar-refractivity contribution in [2.75, 3.05) is 43.4 Å². The number of likely N-dealkylation sites (N-methyl/N-ethyl adjacent to an activating group) is 1. The van der Waals surface area contributed by atoms with E-state index in [4.69, 9.17) is 0 Å². The van der Waals surface area contributed by atoms with E-state index in [0.717, 1.165) is 71.1 Å². The first-order valence-corrected chi connectivity index (χ1v) is 11.2. The molecule has 6 rings (SSSR count). The fourth-order valence-electron chi connectivity index (χ4n) is 4.66. The van der Waals surface area contributed by atoms with Crippen LogP contribution >= 0.6 is 0 Å². The first kappa shape index (κ1) is 19.8. The van der Waals surface area contributed by atoms with Gasteiger partial charge in [0.1, 0.15) is 11.5 Å². The van der Waals surface area contributed by atoms with Crippen LogP contribution < -0.4 is 15.5 Å². The zero-order valence-corrected chi connectivity index (χ0v) is 18.4. The Morgan fingerprint density at radius 1 is 1.00 bits per heavy atom. The Kier molecular flexibility index (Phi) is 4.73. The zero-order valence-electron chi connectivity index (χ0n) is 18.4. The summed E-state index contributed by atoms with van der Waals surface area (Å²) in [6, 6.07) is 12.2. The molecule has 0 atom stereocenters. The van der Waals surface area contributed by atoms with Crippen LogP contribution in [0.15, 0.2) is 55.0 Å². The molecule has 8 heteroatoms. The zero-order chi connectivity index (χ0) is 22.4. The molecule has 8 nitrogen and oxygen atoms in total. The van der Waals surface area contributed by atoms with Gasteiger partial charge >= 0.3 is 0 Å². The highest BCUT2D eigenvalue weighted by molar-refractivity contribution is 6.06. The molecule has 4 aromatic rings. The van der Waals surface area contributed by atoms with E-state index >= 15 is 0 Å². The lowest BCUT2D eigenvalue weighted by Crippen LogP contribution is -2.44. The van der Waals surface area contributed by atoms with Crippen LogP contribution in [0.2, 0.25) is 0 Å². The highest BCUT2D eigenvalue weighted by atomic mass is 16.1. The van der Waals surface area contributed by atoms with Crippen LogP contribution in [0.4, 0.5) is 17.2 Å². The van der Waals surface area contributed by atoms with Gasteiger partial charge in [0.15, 0.2) is 0 Å². The van der Waals surface area contributed by atoms with Gasteiger partial charge in [0.25, 0.3) is 5.91 Å². The number of aromatic amines is 1. The maximum absolute atomic E-state index is 12.7. The number of nitrogens with one attached hydrogen (secondary N) is 3. The minimum Gasteiger partial charge on any atom is -0.368 e. The molecule has 0 aliphatic carbocycles. The summed E-state index contributed by atoms with van der Waals surface area (Å²) >= 11 is 0. The van der Waals surface area contributed by atoms with Crippen molar-refractivity contribution >= 4 is 34.1 Å². The third kappa shape index (κ3) is 3.58. The lowest BCUT2D eigenvalue weighted by Gasteiger charge is -2.33. The second-order valence-electron chi connectivity index (χ2n) is 8.65. The molecule has 0 spiro atoms. The molecule has 0 unspecified atom stereocenters. The molecule has 1 aromatic carbocycles. The number of H-pyrrole nitrogens is 1. The number of aromatic nitrogens is 3. The largest absolute Gasteiger partial charge is 0.368 e. The van der Waals surface area contributed by atoms with Crippen LogP contribution in [0, 0.1) is 0 Å². The standard InChI is InChI=1S/C25H25N7O/c1-31-8-10-32(11-9-31)18-2-5-22(27-14-18)30-21-4-3-19(20-15-29-25(33)23(20)21)17-12-16-6-7-26-24(16)28-13-17/h2-7,12-14H,8-11,15H2,1H3,(H,26,28)(H,27,30)(H,29,33). The molecule has 3 N–H and O–H groups in total. The fraction of sp³-hybridized carbons (Fsp3) is 0.240. The summed E-state index contributed by atoms with van der Waals surface area (Å²) in [6.07, 6.45) is 5.63. The van der Waals surface area contributed by atoms with Crippen molar-refractivity contribution in [1.29, 1.82) is 0 Å². The van der Waals surface area contributed by atoms with E-state index in [1.54, 1.807) is 0 Å². The van der Waals surface area contributed by atoms with E-state index in [2.05, 4.69) is 60.6 Å². The first-order valence-electron chi connectivity index (χ1n) is 11.2. The third-order valence-electron chi connectivity index (χ3n) is 6.56. The molecule has 1 amide bonds. The van der Waals surface area contributed by atoms with Crippen molar-refractivity contribution in [3.63, 3.8) is 0 Å². The quantitative estimate of drug-likeness (QED) is 0.452. The Hall–Kier alpha value is -3.91. The Morgan fingerprint density at radius 2 is 1.88 bits per heavy atom. The first-order chi connectivity index (χ1) is 16.2. The number of anilines is 3. The molecule has 33 heavy (non-hydrogen) atoms. The Morgan fingerprint density at radius 3 is 2.70 bits per heavy atom. The van der Waals surface area contributed by atoms with E-state index in [9.17, 15) is 4.79 Å². The number of hydrogen-bond donors (Lipinski definition) is 3. The molecule has 2 aliphatic heterocycles. The molecule has 2 aliphatic rings. The number of carbonyl (C=O) groups is 1. The van der Waals surface area contributed by atoms with Crippen LogP contribution in [-0.2, 0) is 6.54 Å². The molecule has 1 fully saturated rings. The van der Waals surface area contributed by atoms with Crippen LogP contribution in [0.1, 0.15) is 15.9 Å². The second-order valence-corrected chi connectivity index (χ2v) is 8.65. The summed E-state index contributed by atoms with van der Waals surface area (Å²) in [5, 5.41) is 7.38. The lowest BCUT2D eigenvalue weighted by molar-refractivity contribution is 0.0966. The monoisotopic (exact) mass is 439 g/mol. The van der Waals surface area contributed by atoms with Crippen LogP contribution in [0.3, 0.4) is 0 Å². The molecule has 0 bridgehead atoms. The molecule has 0 radical (unpaired) electrons. The van der Waals surface area contributed by atoms with Crippen molar-refractivity contribution in [3.8, 4) is 11.1 Å². The Bertz CT molecular complexity index is 1340. The number of nitrogens with zero attached hydrogens (tertiary/aromatic N) is 4. The van der Waals surface area contributed by atoms with Gasteiger partial charge < -0.3 is 25.4 Å². The third-order valence-corrected chi connectivity index (χ3v) is 6.56. The fourth-order valence-corrected chi connectivity index (χ4v) is 4.66. The van der Waals surface area contributed by atoms with Crippen molar-refractivity contribution in [3.05, 3.63) is 66.1 Å². The highest BCUT2D eigenvalue weighted by Gasteiger charge is 2.26. The van der Waals surface area contributed by atoms with E-state index in [1.807, 2.05) is 36.8 Å². The number of carbonyl (C=O) groups excluding carboxylic acids is 1. The van der Waals surface area contributed by atoms with Gasteiger partial charge in [0, 0.05) is 56.1 Å². The summed E-state index contributed by atoms with van der Waals surface area (Å²) in [4.78, 5) is 29.7. The molecule has 3 aromatic heterocycles. The summed E-state index contributed by atoms with van der Waals surface area (Å²) in [6.45, 7) is 4.62. The number of piperazine rings is 1. The van der Waals surface area contributed by atoms with Gasteiger partial charge in [-0.2, -0.15) is 0 Å². The minimum atomic E-state index is -0.0703. The van der Waals surface area contributed by atoms with Gasteiger partial charge in [-0.05, 0) is 48.5 Å². The average molecular weight is 440 g/mol. The summed E-state index contributed by atoms with van der Waals surface area (Å²) < 4.78 is 0. The van der Waals surface area contributed by atoms with Crippen molar-refractivity contribution < 1.29 is 4.79 Å². The maximum Gasteiger partial charge on any atom is 0.254 e. The number of pyridine rings is 2. The molecule has 0 saturated carbocycles. The van der Waals surface area contributed by atoms with Crippen molar-refractivity contribution in [2.45, 2.75) is 6.54 Å². The predicted octanol–water partition coefficient (Wildman–Crippen LogP) is 3.36. The molecular weight excluding hydrogens is 414 g/mol. The van der Waals surface area contributed by atoms with Gasteiger partial charge in [-0.25, -0.2) is 9.97 Å². The number of benzene rings is 1. The Balaban J connectivity index is 1.29. The van der Waals surface area contributed by atoms with E-state index in [-0.39, 0.29) is 5.91 Å². The maximum atomic E-state index is 12.7. The van der Waals surface area contributed by atoms with Crippen LogP contribution in [-0.4, -0.2) is 59.0 Å². The summed E-state index contributed by atoms with van der Waals surface area (Å²) in [5.41, 5.74) is 6.41. The summed E-state index contributed by atoms with van der Waals surface area (Å²) in [5.74, 6) is 0.650. The van der Waals surface area contributed by atoms with E-state index in [0.29, 0.717) is 12.1 Å². The second kappa shape index (κ2) is 7.90. The molecule has 1 saturated heterocycles. The van der Waals surface area contributed by atoms with E-state index < -0.39 is 0 Å². The Labute approximate surface area is 191 Å². The lowest BCUT2D eigenvalue weighted by atomic mass is 9.96. The van der Waals surface area contributed by atoms with Gasteiger partial charge in [0.05, 0.1) is 23.1 Å². The smallest absolute Gasteiger partial charge is 0.254 e. The number of rotatable bonds is 4. The normalized spacial score (nSPS) is 16.2. The highest BCUT2D eigenvalue weighted by Crippen LogP contribution is 2.35. The molecular formula is C25H25N7O. The SMILES string of the molecule is CN1CCN(c2ccc(Nc3ccc(-c4cnc5[nH]ccc5c4)c4c3C(=O)NC4)nc2)CC1.